The predicted octanol–water partition coefficient (Wildman–Crippen LogP) is 3.07. The molecule has 1 fully saturated rings. The van der Waals surface area contributed by atoms with Crippen molar-refractivity contribution in [3.63, 3.8) is 0 Å². The van der Waals surface area contributed by atoms with E-state index in [1.54, 1.807) is 6.07 Å². The lowest BCUT2D eigenvalue weighted by Gasteiger charge is -2.10. The molecule has 1 heterocycles. The van der Waals surface area contributed by atoms with Gasteiger partial charge >= 0.3 is 0 Å². The van der Waals surface area contributed by atoms with Crippen molar-refractivity contribution in [1.29, 1.82) is 0 Å². The Bertz CT molecular complexity index is 482. The molecule has 0 spiro atoms. The van der Waals surface area contributed by atoms with Crippen LogP contribution in [0.2, 0.25) is 0 Å². The lowest BCUT2D eigenvalue weighted by molar-refractivity contribution is 0.0986. The summed E-state index contributed by atoms with van der Waals surface area (Å²) in [6.45, 7) is 0. The molecule has 1 aromatic heterocycles. The van der Waals surface area contributed by atoms with Crippen LogP contribution in [-0.4, -0.2) is 25.2 Å². The maximum Gasteiger partial charge on any atom is 0.172 e. The van der Waals surface area contributed by atoms with Crippen LogP contribution in [0.3, 0.4) is 0 Å². The molecule has 5 heteroatoms. The Morgan fingerprint density at radius 1 is 1.33 bits per heavy atom. The molecule has 0 aliphatic heterocycles. The highest BCUT2D eigenvalue weighted by atomic mass is 32.2. The normalized spacial score (nSPS) is 17.1. The third kappa shape index (κ3) is 3.42. The van der Waals surface area contributed by atoms with Gasteiger partial charge in [-0.1, -0.05) is 18.9 Å². The summed E-state index contributed by atoms with van der Waals surface area (Å²) in [6.07, 6.45) is 4.46. The molecule has 0 amide bonds. The molecule has 0 bridgehead atoms. The number of carbonyl (C=O) groups excluding carboxylic acids is 1. The molecule has 0 unspecified atom stereocenters. The van der Waals surface area contributed by atoms with Crippen LogP contribution in [0.15, 0.2) is 17.5 Å². The topological polar surface area (TPSA) is 51.2 Å². The molecule has 0 atom stereocenters. The van der Waals surface area contributed by atoms with Crippen molar-refractivity contribution in [1.82, 2.24) is 0 Å². The molecule has 2 rings (SSSR count). The zero-order valence-corrected chi connectivity index (χ0v) is 11.9. The third-order valence-electron chi connectivity index (χ3n) is 3.44. The maximum atomic E-state index is 12.0. The molecule has 1 aliphatic rings. The quantitative estimate of drug-likeness (QED) is 0.755. The van der Waals surface area contributed by atoms with Crippen molar-refractivity contribution in [2.45, 2.75) is 43.8 Å². The van der Waals surface area contributed by atoms with Gasteiger partial charge in [-0.2, -0.15) is 0 Å². The predicted molar refractivity (Wildman–Crippen MR) is 73.9 cm³/mol. The summed E-state index contributed by atoms with van der Waals surface area (Å²) < 4.78 is 24.0. The molecule has 0 N–H and O–H groups in total. The van der Waals surface area contributed by atoms with E-state index in [0.29, 0.717) is 12.8 Å². The van der Waals surface area contributed by atoms with Crippen LogP contribution in [0.5, 0.6) is 0 Å². The molecule has 0 saturated heterocycles. The molecule has 100 valence electrons. The van der Waals surface area contributed by atoms with Crippen LogP contribution in [0, 0.1) is 0 Å². The molecule has 0 radical (unpaired) electrons. The van der Waals surface area contributed by atoms with E-state index in [4.69, 9.17) is 0 Å². The molecule has 3 nitrogen and oxygen atoms in total. The third-order valence-corrected chi connectivity index (χ3v) is 6.69. The summed E-state index contributed by atoms with van der Waals surface area (Å²) in [5.74, 6) is 0.223. The Balaban J connectivity index is 1.80. The van der Waals surface area contributed by atoms with Crippen LogP contribution in [0.25, 0.3) is 0 Å². The molecule has 18 heavy (non-hydrogen) atoms. The molecular weight excluding hydrogens is 268 g/mol. The molecule has 1 aromatic rings. The van der Waals surface area contributed by atoms with Crippen LogP contribution < -0.4 is 0 Å². The Labute approximate surface area is 112 Å². The number of rotatable bonds is 6. The van der Waals surface area contributed by atoms with Gasteiger partial charge in [0.1, 0.15) is 0 Å². The first-order valence-electron chi connectivity index (χ1n) is 6.38. The monoisotopic (exact) mass is 286 g/mol. The number of carbonyl (C=O) groups is 1. The zero-order valence-electron chi connectivity index (χ0n) is 10.3. The van der Waals surface area contributed by atoms with E-state index in [-0.39, 0.29) is 16.8 Å². The van der Waals surface area contributed by atoms with Crippen molar-refractivity contribution in [2.24, 2.45) is 0 Å². The van der Waals surface area contributed by atoms with E-state index in [1.165, 1.54) is 11.3 Å². The second kappa shape index (κ2) is 5.97. The highest BCUT2D eigenvalue weighted by Gasteiger charge is 2.28. The first-order valence-corrected chi connectivity index (χ1v) is 8.97. The minimum atomic E-state index is -2.97. The van der Waals surface area contributed by atoms with Crippen molar-refractivity contribution in [3.8, 4) is 0 Å². The van der Waals surface area contributed by atoms with Gasteiger partial charge in [-0.05, 0) is 30.7 Å². The van der Waals surface area contributed by atoms with Crippen LogP contribution in [-0.2, 0) is 9.84 Å². The van der Waals surface area contributed by atoms with Crippen molar-refractivity contribution in [2.75, 3.05) is 5.75 Å². The van der Waals surface area contributed by atoms with E-state index in [1.807, 2.05) is 11.4 Å². The largest absolute Gasteiger partial charge is 0.293 e. The Kier molecular flexibility index (Phi) is 4.56. The van der Waals surface area contributed by atoms with Gasteiger partial charge < -0.3 is 0 Å². The first kappa shape index (κ1) is 13.7. The SMILES string of the molecule is O=C(CCCS(=O)(=O)C1CCCC1)c1cccs1. The van der Waals surface area contributed by atoms with Crippen molar-refractivity contribution >= 4 is 27.0 Å². The maximum absolute atomic E-state index is 12.0. The number of thiophene rings is 1. The fourth-order valence-electron chi connectivity index (χ4n) is 2.41. The van der Waals surface area contributed by atoms with E-state index < -0.39 is 9.84 Å². The van der Waals surface area contributed by atoms with Gasteiger partial charge in [0.2, 0.25) is 0 Å². The number of hydrogen-bond acceptors (Lipinski definition) is 4. The van der Waals surface area contributed by atoms with Crippen LogP contribution in [0.4, 0.5) is 0 Å². The fraction of sp³-hybridized carbons (Fsp3) is 0.615. The Morgan fingerprint density at radius 3 is 2.67 bits per heavy atom. The lowest BCUT2D eigenvalue weighted by atomic mass is 10.2. The standard InChI is InChI=1S/C13H18O3S2/c14-12(13-8-3-9-17-13)7-4-10-18(15,16)11-5-1-2-6-11/h3,8-9,11H,1-2,4-7,10H2. The van der Waals surface area contributed by atoms with E-state index in [2.05, 4.69) is 0 Å². The highest BCUT2D eigenvalue weighted by Crippen LogP contribution is 2.26. The summed E-state index contributed by atoms with van der Waals surface area (Å²) in [7, 11) is -2.97. The molecule has 1 saturated carbocycles. The fourth-order valence-corrected chi connectivity index (χ4v) is 5.03. The van der Waals surface area contributed by atoms with Gasteiger partial charge in [0.15, 0.2) is 15.6 Å². The molecule has 1 aliphatic carbocycles. The van der Waals surface area contributed by atoms with Gasteiger partial charge in [0.05, 0.1) is 15.9 Å². The summed E-state index contributed by atoms with van der Waals surface area (Å²) in [5.41, 5.74) is 0. The molecular formula is C13H18O3S2. The average Bonchev–Trinajstić information content (AvgIpc) is 3.02. The van der Waals surface area contributed by atoms with Gasteiger partial charge in [0.25, 0.3) is 0 Å². The minimum absolute atomic E-state index is 0.0617. The van der Waals surface area contributed by atoms with Gasteiger partial charge in [-0.15, -0.1) is 11.3 Å². The number of ketones is 1. The van der Waals surface area contributed by atoms with E-state index in [0.717, 1.165) is 30.6 Å². The number of Topliss-reactive ketones (excluding diaryl/α,β-unsaturated/α-hetero) is 1. The smallest absolute Gasteiger partial charge is 0.172 e. The minimum Gasteiger partial charge on any atom is -0.293 e. The van der Waals surface area contributed by atoms with Crippen LogP contribution >= 0.6 is 11.3 Å². The number of sulfone groups is 1. The van der Waals surface area contributed by atoms with Gasteiger partial charge in [0, 0.05) is 6.42 Å². The van der Waals surface area contributed by atoms with E-state index >= 15 is 0 Å². The first-order chi connectivity index (χ1) is 8.59. The van der Waals surface area contributed by atoms with Crippen molar-refractivity contribution < 1.29 is 13.2 Å². The second-order valence-corrected chi connectivity index (χ2v) is 8.13. The summed E-state index contributed by atoms with van der Waals surface area (Å²) in [5, 5.41) is 1.72. The van der Waals surface area contributed by atoms with Gasteiger partial charge in [-0.3, -0.25) is 4.79 Å². The summed E-state index contributed by atoms with van der Waals surface area (Å²) in [6, 6.07) is 3.63. The zero-order chi connectivity index (χ0) is 13.0. The van der Waals surface area contributed by atoms with Crippen molar-refractivity contribution in [3.05, 3.63) is 22.4 Å². The molecule has 0 aromatic carbocycles. The Hall–Kier alpha value is -0.680. The Morgan fingerprint density at radius 2 is 2.06 bits per heavy atom. The van der Waals surface area contributed by atoms with E-state index in [9.17, 15) is 13.2 Å². The lowest BCUT2D eigenvalue weighted by Crippen LogP contribution is -2.21. The average molecular weight is 286 g/mol. The summed E-state index contributed by atoms with van der Waals surface area (Å²) >= 11 is 1.42. The number of hydrogen-bond donors (Lipinski definition) is 0. The van der Waals surface area contributed by atoms with Gasteiger partial charge in [-0.25, -0.2) is 8.42 Å². The second-order valence-electron chi connectivity index (χ2n) is 4.78. The summed E-state index contributed by atoms with van der Waals surface area (Å²) in [4.78, 5) is 12.5. The van der Waals surface area contributed by atoms with Crippen LogP contribution in [0.1, 0.15) is 48.2 Å². The highest BCUT2D eigenvalue weighted by molar-refractivity contribution is 7.92.